The fraction of sp³-hybridized carbons (Fsp3) is 0.444. The number of anilines is 1. The number of hydrogen-bond donors (Lipinski definition) is 2. The van der Waals surface area contributed by atoms with Crippen LogP contribution in [0.5, 0.6) is 0 Å². The summed E-state index contributed by atoms with van der Waals surface area (Å²) in [5.41, 5.74) is 15.3. The van der Waals surface area contributed by atoms with Crippen molar-refractivity contribution in [1.82, 2.24) is 4.98 Å². The summed E-state index contributed by atoms with van der Waals surface area (Å²) in [5, 5.41) is 0. The van der Waals surface area contributed by atoms with E-state index in [0.29, 0.717) is 6.54 Å². The minimum absolute atomic E-state index is 0.515. The first-order valence-electron chi connectivity index (χ1n) is 4.13. The second-order valence-electron chi connectivity index (χ2n) is 2.82. The van der Waals surface area contributed by atoms with Crippen LogP contribution >= 0.6 is 0 Å². The average molecular weight is 165 g/mol. The van der Waals surface area contributed by atoms with Gasteiger partial charge in [-0.1, -0.05) is 6.92 Å². The first-order chi connectivity index (χ1) is 5.70. The zero-order valence-electron chi connectivity index (χ0n) is 7.59. The fourth-order valence-electron chi connectivity index (χ4n) is 1.31. The first-order valence-corrected chi connectivity index (χ1v) is 4.13. The molecule has 0 fully saturated rings. The lowest BCUT2D eigenvalue weighted by molar-refractivity contribution is 0.974. The molecule has 0 unspecified atom stereocenters. The van der Waals surface area contributed by atoms with Crippen molar-refractivity contribution >= 4 is 5.69 Å². The van der Waals surface area contributed by atoms with Gasteiger partial charge in [-0.3, -0.25) is 4.98 Å². The molecule has 0 aromatic carbocycles. The minimum Gasteiger partial charge on any atom is -0.397 e. The molecule has 0 saturated heterocycles. The first kappa shape index (κ1) is 9.00. The largest absolute Gasteiger partial charge is 0.397 e. The highest BCUT2D eigenvalue weighted by atomic mass is 14.7. The van der Waals surface area contributed by atoms with Crippen LogP contribution < -0.4 is 11.5 Å². The van der Waals surface area contributed by atoms with E-state index in [2.05, 4.69) is 11.9 Å². The van der Waals surface area contributed by atoms with Gasteiger partial charge >= 0.3 is 0 Å². The Bertz CT molecular complexity index is 281. The molecule has 0 spiro atoms. The number of nitrogens with zero attached hydrogens (tertiary/aromatic N) is 1. The second kappa shape index (κ2) is 3.54. The lowest BCUT2D eigenvalue weighted by Gasteiger charge is -2.10. The zero-order valence-corrected chi connectivity index (χ0v) is 7.59. The smallest absolute Gasteiger partial charge is 0.0604 e. The molecule has 66 valence electrons. The third kappa shape index (κ3) is 1.41. The summed E-state index contributed by atoms with van der Waals surface area (Å²) in [6, 6.07) is 0. The average Bonchev–Trinajstić information content (AvgIpc) is 2.09. The molecule has 3 heteroatoms. The number of hydrogen-bond acceptors (Lipinski definition) is 3. The van der Waals surface area contributed by atoms with Crippen molar-refractivity contribution in [2.24, 2.45) is 5.73 Å². The Labute approximate surface area is 72.8 Å². The van der Waals surface area contributed by atoms with E-state index in [0.717, 1.165) is 28.9 Å². The van der Waals surface area contributed by atoms with Crippen LogP contribution in [0.25, 0.3) is 0 Å². The van der Waals surface area contributed by atoms with Gasteiger partial charge in [0.1, 0.15) is 0 Å². The van der Waals surface area contributed by atoms with E-state index in [1.807, 2.05) is 13.1 Å². The van der Waals surface area contributed by atoms with Gasteiger partial charge in [0.2, 0.25) is 0 Å². The molecule has 1 aromatic rings. The van der Waals surface area contributed by atoms with E-state index < -0.39 is 0 Å². The highest BCUT2D eigenvalue weighted by Crippen LogP contribution is 2.19. The van der Waals surface area contributed by atoms with E-state index in [1.165, 1.54) is 0 Å². The van der Waals surface area contributed by atoms with E-state index in [-0.39, 0.29) is 0 Å². The lowest BCUT2D eigenvalue weighted by atomic mass is 10.0. The maximum Gasteiger partial charge on any atom is 0.0604 e. The van der Waals surface area contributed by atoms with Crippen LogP contribution in [-0.4, -0.2) is 4.98 Å². The van der Waals surface area contributed by atoms with Gasteiger partial charge in [-0.2, -0.15) is 0 Å². The number of aromatic nitrogens is 1. The van der Waals surface area contributed by atoms with Gasteiger partial charge in [0, 0.05) is 12.7 Å². The molecule has 0 aliphatic carbocycles. The van der Waals surface area contributed by atoms with Crippen molar-refractivity contribution in [3.8, 4) is 0 Å². The molecule has 1 rings (SSSR count). The molecule has 1 aromatic heterocycles. The van der Waals surface area contributed by atoms with Gasteiger partial charge in [0.15, 0.2) is 0 Å². The van der Waals surface area contributed by atoms with Crippen LogP contribution in [0.2, 0.25) is 0 Å². The molecule has 0 saturated carbocycles. The number of aryl methyl sites for hydroxylation is 1. The quantitative estimate of drug-likeness (QED) is 0.687. The highest BCUT2D eigenvalue weighted by Gasteiger charge is 2.05. The Morgan fingerprint density at radius 3 is 2.67 bits per heavy atom. The fourth-order valence-corrected chi connectivity index (χ4v) is 1.31. The Morgan fingerprint density at radius 1 is 1.50 bits per heavy atom. The number of rotatable bonds is 2. The number of nitrogens with two attached hydrogens (primary N) is 2. The van der Waals surface area contributed by atoms with Crippen molar-refractivity contribution in [1.29, 1.82) is 0 Å². The summed E-state index contributed by atoms with van der Waals surface area (Å²) in [6.45, 7) is 4.50. The van der Waals surface area contributed by atoms with Gasteiger partial charge in [0.25, 0.3) is 0 Å². The summed E-state index contributed by atoms with van der Waals surface area (Å²) < 4.78 is 0. The molecule has 0 radical (unpaired) electrons. The number of pyridine rings is 1. The summed E-state index contributed by atoms with van der Waals surface area (Å²) in [7, 11) is 0. The van der Waals surface area contributed by atoms with Crippen LogP contribution in [0, 0.1) is 6.92 Å². The Morgan fingerprint density at radius 2 is 2.17 bits per heavy atom. The monoisotopic (exact) mass is 165 g/mol. The molecular weight excluding hydrogens is 150 g/mol. The van der Waals surface area contributed by atoms with Crippen molar-refractivity contribution in [2.75, 3.05) is 5.73 Å². The van der Waals surface area contributed by atoms with Gasteiger partial charge in [-0.15, -0.1) is 0 Å². The van der Waals surface area contributed by atoms with Gasteiger partial charge in [-0.05, 0) is 24.5 Å². The Balaban J connectivity index is 3.25. The zero-order chi connectivity index (χ0) is 9.14. The molecule has 3 nitrogen and oxygen atoms in total. The van der Waals surface area contributed by atoms with E-state index >= 15 is 0 Å². The summed E-state index contributed by atoms with van der Waals surface area (Å²) >= 11 is 0. The van der Waals surface area contributed by atoms with Gasteiger partial charge in [0.05, 0.1) is 11.4 Å². The minimum atomic E-state index is 0.515. The van der Waals surface area contributed by atoms with E-state index in [1.54, 1.807) is 0 Å². The van der Waals surface area contributed by atoms with Crippen LogP contribution in [-0.2, 0) is 13.0 Å². The van der Waals surface area contributed by atoms with Crippen LogP contribution in [0.1, 0.15) is 23.7 Å². The second-order valence-corrected chi connectivity index (χ2v) is 2.82. The molecule has 0 amide bonds. The summed E-state index contributed by atoms with van der Waals surface area (Å²) in [5.74, 6) is 0. The SMILES string of the molecule is CCc1c(CN)cnc(C)c1N. The molecule has 12 heavy (non-hydrogen) atoms. The normalized spacial score (nSPS) is 10.2. The highest BCUT2D eigenvalue weighted by molar-refractivity contribution is 5.53. The summed E-state index contributed by atoms with van der Waals surface area (Å²) in [6.07, 6.45) is 2.73. The predicted octanol–water partition coefficient (Wildman–Crippen LogP) is 0.993. The van der Waals surface area contributed by atoms with Crippen LogP contribution in [0.3, 0.4) is 0 Å². The standard InChI is InChI=1S/C9H15N3/c1-3-8-7(4-10)5-12-6(2)9(8)11/h5H,3-4,10-11H2,1-2H3. The molecule has 0 bridgehead atoms. The Kier molecular flexibility index (Phi) is 2.65. The molecular formula is C9H15N3. The molecule has 0 aliphatic heterocycles. The van der Waals surface area contributed by atoms with Crippen molar-refractivity contribution in [3.63, 3.8) is 0 Å². The topological polar surface area (TPSA) is 64.9 Å². The number of nitrogen functional groups attached to an aromatic ring is 1. The molecule has 0 aliphatic rings. The third-order valence-corrected chi connectivity index (χ3v) is 2.09. The van der Waals surface area contributed by atoms with Crippen molar-refractivity contribution < 1.29 is 0 Å². The molecule has 0 atom stereocenters. The predicted molar refractivity (Wildman–Crippen MR) is 50.7 cm³/mol. The molecule has 1 heterocycles. The summed E-state index contributed by atoms with van der Waals surface area (Å²) in [4.78, 5) is 4.15. The lowest BCUT2D eigenvalue weighted by Crippen LogP contribution is -2.07. The van der Waals surface area contributed by atoms with Crippen molar-refractivity contribution in [2.45, 2.75) is 26.8 Å². The third-order valence-electron chi connectivity index (χ3n) is 2.09. The van der Waals surface area contributed by atoms with Crippen LogP contribution in [0.15, 0.2) is 6.20 Å². The Hall–Kier alpha value is -1.09. The van der Waals surface area contributed by atoms with Gasteiger partial charge in [-0.25, -0.2) is 0 Å². The van der Waals surface area contributed by atoms with Gasteiger partial charge < -0.3 is 11.5 Å². The van der Waals surface area contributed by atoms with Crippen LogP contribution in [0.4, 0.5) is 5.69 Å². The molecule has 4 N–H and O–H groups in total. The maximum atomic E-state index is 5.85. The van der Waals surface area contributed by atoms with E-state index in [4.69, 9.17) is 11.5 Å². The van der Waals surface area contributed by atoms with E-state index in [9.17, 15) is 0 Å². The van der Waals surface area contributed by atoms with Crippen molar-refractivity contribution in [3.05, 3.63) is 23.0 Å². The maximum absolute atomic E-state index is 5.85.